The van der Waals surface area contributed by atoms with Crippen molar-refractivity contribution in [3.8, 4) is 0 Å². The average Bonchev–Trinajstić information content (AvgIpc) is 2.88. The monoisotopic (exact) mass is 468 g/mol. The van der Waals surface area contributed by atoms with Crippen LogP contribution in [0.4, 0.5) is 24.5 Å². The maximum absolute atomic E-state index is 12.8. The molecule has 156 valence electrons. The molecule has 0 spiro atoms. The fourth-order valence-corrected chi connectivity index (χ4v) is 5.36. The molecule has 29 heavy (non-hydrogen) atoms. The zero-order chi connectivity index (χ0) is 21.6. The largest absolute Gasteiger partial charge is 0.416 e. The van der Waals surface area contributed by atoms with Gasteiger partial charge in [-0.15, -0.1) is 0 Å². The predicted molar refractivity (Wildman–Crippen MR) is 99.6 cm³/mol. The van der Waals surface area contributed by atoms with E-state index in [1.807, 2.05) is 4.72 Å². The Kier molecular flexibility index (Phi) is 5.30. The lowest BCUT2D eigenvalue weighted by atomic mass is 10.2. The lowest BCUT2D eigenvalue weighted by Crippen LogP contribution is -2.29. The molecule has 1 saturated heterocycles. The fraction of sp³-hybridized carbons (Fsp3) is 0.188. The Morgan fingerprint density at radius 3 is 2.21 bits per heavy atom. The second kappa shape index (κ2) is 7.18. The van der Waals surface area contributed by atoms with E-state index in [-0.39, 0.29) is 27.8 Å². The molecule has 1 amide bonds. The van der Waals surface area contributed by atoms with Crippen LogP contribution >= 0.6 is 11.6 Å². The highest BCUT2D eigenvalue weighted by Gasteiger charge is 2.36. The van der Waals surface area contributed by atoms with Gasteiger partial charge in [-0.05, 0) is 42.5 Å². The van der Waals surface area contributed by atoms with E-state index in [2.05, 4.69) is 0 Å². The second-order valence-electron chi connectivity index (χ2n) is 6.02. The number of anilines is 2. The molecule has 0 aliphatic carbocycles. The van der Waals surface area contributed by atoms with Crippen molar-refractivity contribution in [1.29, 1.82) is 0 Å². The summed E-state index contributed by atoms with van der Waals surface area (Å²) in [6.07, 6.45) is -4.88. The zero-order valence-electron chi connectivity index (χ0n) is 14.3. The number of benzene rings is 2. The number of hydrogen-bond donors (Lipinski definition) is 1. The first-order chi connectivity index (χ1) is 13.3. The first kappa shape index (κ1) is 21.4. The Bertz CT molecular complexity index is 1180. The quantitative estimate of drug-likeness (QED) is 0.742. The predicted octanol–water partition coefficient (Wildman–Crippen LogP) is 3.23. The van der Waals surface area contributed by atoms with Gasteiger partial charge in [-0.2, -0.15) is 13.2 Å². The molecule has 1 N–H and O–H groups in total. The summed E-state index contributed by atoms with van der Waals surface area (Å²) in [5.74, 6) is -0.990. The number of halogens is 4. The highest BCUT2D eigenvalue weighted by atomic mass is 35.5. The van der Waals surface area contributed by atoms with Crippen molar-refractivity contribution in [3.05, 3.63) is 53.1 Å². The van der Waals surface area contributed by atoms with Crippen LogP contribution in [0.5, 0.6) is 0 Å². The number of carbonyl (C=O) groups is 1. The van der Waals surface area contributed by atoms with Crippen LogP contribution in [0.25, 0.3) is 0 Å². The van der Waals surface area contributed by atoms with E-state index < -0.39 is 43.4 Å². The molecule has 1 heterocycles. The van der Waals surface area contributed by atoms with Gasteiger partial charge in [0, 0.05) is 6.42 Å². The van der Waals surface area contributed by atoms with Crippen LogP contribution in [0.2, 0.25) is 5.02 Å². The van der Waals surface area contributed by atoms with E-state index >= 15 is 0 Å². The Morgan fingerprint density at radius 1 is 1.07 bits per heavy atom. The number of hydrogen-bond acceptors (Lipinski definition) is 5. The summed E-state index contributed by atoms with van der Waals surface area (Å²) in [6.45, 7) is 0. The molecule has 1 aliphatic heterocycles. The standard InChI is InChI=1S/C16H12ClF3N2O5S2/c17-13-6-1-10(16(18,19)20)9-14(13)21-29(26,27)12-4-2-11(3-5-12)22-15(23)7-8-28(22,24)25/h1-6,9,21H,7-8H2. The van der Waals surface area contributed by atoms with E-state index in [9.17, 15) is 34.8 Å². The molecule has 0 saturated carbocycles. The number of alkyl halides is 3. The van der Waals surface area contributed by atoms with E-state index in [0.29, 0.717) is 16.4 Å². The highest BCUT2D eigenvalue weighted by Crippen LogP contribution is 2.35. The van der Waals surface area contributed by atoms with Gasteiger partial charge in [0.05, 0.1) is 32.6 Å². The van der Waals surface area contributed by atoms with Gasteiger partial charge in [0.15, 0.2) is 0 Å². The molecule has 3 rings (SSSR count). The molecule has 13 heteroatoms. The van der Waals surface area contributed by atoms with Crippen molar-refractivity contribution in [1.82, 2.24) is 0 Å². The molecule has 2 aromatic carbocycles. The SMILES string of the molecule is O=C1CCS(=O)(=O)N1c1ccc(S(=O)(=O)Nc2cc(C(F)(F)F)ccc2Cl)cc1. The van der Waals surface area contributed by atoms with Gasteiger partial charge in [0.1, 0.15) is 0 Å². The van der Waals surface area contributed by atoms with Crippen molar-refractivity contribution < 1.29 is 34.8 Å². The smallest absolute Gasteiger partial charge is 0.278 e. The number of nitrogens with one attached hydrogen (secondary N) is 1. The Balaban J connectivity index is 1.91. The van der Waals surface area contributed by atoms with Crippen molar-refractivity contribution in [2.75, 3.05) is 14.8 Å². The Morgan fingerprint density at radius 2 is 1.69 bits per heavy atom. The topological polar surface area (TPSA) is 101 Å². The van der Waals surface area contributed by atoms with Crippen LogP contribution in [0.15, 0.2) is 47.4 Å². The van der Waals surface area contributed by atoms with Gasteiger partial charge >= 0.3 is 6.18 Å². The third-order valence-corrected chi connectivity index (χ3v) is 7.40. The van der Waals surface area contributed by atoms with Crippen LogP contribution < -0.4 is 9.03 Å². The summed E-state index contributed by atoms with van der Waals surface area (Å²) in [5.41, 5.74) is -1.60. The number of nitrogens with zero attached hydrogens (tertiary/aromatic N) is 1. The summed E-state index contributed by atoms with van der Waals surface area (Å²) < 4.78 is 89.9. The van der Waals surface area contributed by atoms with Crippen LogP contribution in [-0.2, 0) is 31.0 Å². The molecule has 0 unspecified atom stereocenters. The molecular formula is C16H12ClF3N2O5S2. The highest BCUT2D eigenvalue weighted by molar-refractivity contribution is 7.94. The normalized spacial score (nSPS) is 16.8. The van der Waals surface area contributed by atoms with Gasteiger partial charge in [0.2, 0.25) is 15.9 Å². The molecule has 0 atom stereocenters. The zero-order valence-corrected chi connectivity index (χ0v) is 16.7. The minimum absolute atomic E-state index is 0.0384. The summed E-state index contributed by atoms with van der Waals surface area (Å²) in [4.78, 5) is 11.4. The van der Waals surface area contributed by atoms with E-state index in [0.717, 1.165) is 30.3 Å². The van der Waals surface area contributed by atoms with Gasteiger partial charge in [0.25, 0.3) is 10.0 Å². The molecule has 0 aromatic heterocycles. The lowest BCUT2D eigenvalue weighted by molar-refractivity contribution is -0.137. The van der Waals surface area contributed by atoms with E-state index in [4.69, 9.17) is 11.6 Å². The molecule has 1 aliphatic rings. The maximum Gasteiger partial charge on any atom is 0.416 e. The van der Waals surface area contributed by atoms with E-state index in [1.54, 1.807) is 0 Å². The summed E-state index contributed by atoms with van der Waals surface area (Å²) in [6, 6.07) is 6.47. The number of sulfonamides is 2. The summed E-state index contributed by atoms with van der Waals surface area (Å²) in [5, 5.41) is -0.244. The molecule has 0 radical (unpaired) electrons. The average molecular weight is 469 g/mol. The number of rotatable bonds is 4. The molecule has 2 aromatic rings. The lowest BCUT2D eigenvalue weighted by Gasteiger charge is -2.16. The van der Waals surface area contributed by atoms with Crippen LogP contribution in [-0.4, -0.2) is 28.5 Å². The van der Waals surface area contributed by atoms with Gasteiger partial charge < -0.3 is 0 Å². The maximum atomic E-state index is 12.8. The van der Waals surface area contributed by atoms with Crippen molar-refractivity contribution in [2.45, 2.75) is 17.5 Å². The molecular weight excluding hydrogens is 457 g/mol. The van der Waals surface area contributed by atoms with Crippen molar-refractivity contribution in [3.63, 3.8) is 0 Å². The minimum atomic E-state index is -4.69. The second-order valence-corrected chi connectivity index (χ2v) is 10.0. The molecule has 1 fully saturated rings. The first-order valence-electron chi connectivity index (χ1n) is 7.87. The molecule has 0 bridgehead atoms. The molecule has 7 nitrogen and oxygen atoms in total. The fourth-order valence-electron chi connectivity index (χ4n) is 2.61. The Labute approximate surface area is 169 Å². The first-order valence-corrected chi connectivity index (χ1v) is 11.3. The number of amides is 1. The summed E-state index contributed by atoms with van der Waals surface area (Å²) in [7, 11) is -8.15. The third-order valence-electron chi connectivity index (χ3n) is 4.00. The van der Waals surface area contributed by atoms with Crippen molar-refractivity contribution >= 4 is 48.9 Å². The van der Waals surface area contributed by atoms with Gasteiger partial charge in [-0.1, -0.05) is 11.6 Å². The van der Waals surface area contributed by atoms with Gasteiger partial charge in [-0.25, -0.2) is 21.1 Å². The Hall–Kier alpha value is -2.31. The van der Waals surface area contributed by atoms with Crippen LogP contribution in [0, 0.1) is 0 Å². The number of carbonyl (C=O) groups excluding carboxylic acids is 1. The van der Waals surface area contributed by atoms with Crippen LogP contribution in [0.3, 0.4) is 0 Å². The van der Waals surface area contributed by atoms with Gasteiger partial charge in [-0.3, -0.25) is 9.52 Å². The minimum Gasteiger partial charge on any atom is -0.278 e. The summed E-state index contributed by atoms with van der Waals surface area (Å²) >= 11 is 5.79. The van der Waals surface area contributed by atoms with E-state index in [1.165, 1.54) is 0 Å². The van der Waals surface area contributed by atoms with Crippen molar-refractivity contribution in [2.24, 2.45) is 0 Å². The van der Waals surface area contributed by atoms with Crippen LogP contribution in [0.1, 0.15) is 12.0 Å². The third kappa shape index (κ3) is 4.33.